The second kappa shape index (κ2) is 6.21. The summed E-state index contributed by atoms with van der Waals surface area (Å²) in [5, 5.41) is 0. The molecule has 1 rings (SSSR count). The van der Waals surface area contributed by atoms with Crippen LogP contribution in [0.5, 0.6) is 0 Å². The summed E-state index contributed by atoms with van der Waals surface area (Å²) >= 11 is 0. The van der Waals surface area contributed by atoms with Gasteiger partial charge in [0.15, 0.2) is 0 Å². The fraction of sp³-hybridized carbons (Fsp3) is 0.857. The number of carbonyl (C=O) groups excluding carboxylic acids is 2. The molecule has 1 saturated heterocycles. The van der Waals surface area contributed by atoms with Gasteiger partial charge in [0.25, 0.3) is 0 Å². The lowest BCUT2D eigenvalue weighted by Crippen LogP contribution is -2.57. The minimum absolute atomic E-state index is 0.0337. The van der Waals surface area contributed by atoms with Gasteiger partial charge in [-0.2, -0.15) is 0 Å². The lowest BCUT2D eigenvalue weighted by Gasteiger charge is -2.42. The highest BCUT2D eigenvalue weighted by molar-refractivity contribution is 5.80. The van der Waals surface area contributed by atoms with E-state index in [0.717, 1.165) is 6.42 Å². The molecule has 2 amide bonds. The van der Waals surface area contributed by atoms with Gasteiger partial charge in [0, 0.05) is 37.5 Å². The minimum atomic E-state index is 0.0337. The van der Waals surface area contributed by atoms with Crippen LogP contribution in [0.4, 0.5) is 0 Å². The molecular weight excluding hydrogens is 228 g/mol. The minimum Gasteiger partial charge on any atom is -0.339 e. The highest BCUT2D eigenvalue weighted by Crippen LogP contribution is 2.17. The zero-order chi connectivity index (χ0) is 13.9. The van der Waals surface area contributed by atoms with E-state index in [4.69, 9.17) is 0 Å². The van der Waals surface area contributed by atoms with Crippen LogP contribution in [-0.2, 0) is 9.59 Å². The molecule has 0 aromatic rings. The molecule has 0 radical (unpaired) electrons. The fourth-order valence-corrected chi connectivity index (χ4v) is 2.39. The van der Waals surface area contributed by atoms with Gasteiger partial charge in [0.05, 0.1) is 0 Å². The topological polar surface area (TPSA) is 40.6 Å². The van der Waals surface area contributed by atoms with Gasteiger partial charge in [-0.1, -0.05) is 34.6 Å². The third-order valence-corrected chi connectivity index (χ3v) is 3.54. The maximum atomic E-state index is 12.1. The fourth-order valence-electron chi connectivity index (χ4n) is 2.39. The molecule has 4 heteroatoms. The summed E-state index contributed by atoms with van der Waals surface area (Å²) < 4.78 is 0. The Hall–Kier alpha value is -1.06. The van der Waals surface area contributed by atoms with Crippen molar-refractivity contribution in [3.05, 3.63) is 0 Å². The van der Waals surface area contributed by atoms with E-state index < -0.39 is 0 Å². The van der Waals surface area contributed by atoms with Gasteiger partial charge < -0.3 is 9.80 Å². The average molecular weight is 254 g/mol. The molecule has 1 atom stereocenters. The molecule has 104 valence electrons. The van der Waals surface area contributed by atoms with Crippen LogP contribution < -0.4 is 0 Å². The molecular formula is C14H26N2O2. The smallest absolute Gasteiger partial charge is 0.225 e. The first kappa shape index (κ1) is 15.0. The highest BCUT2D eigenvalue weighted by atomic mass is 16.2. The number of amides is 2. The molecule has 1 aliphatic rings. The summed E-state index contributed by atoms with van der Waals surface area (Å²) in [4.78, 5) is 28.0. The maximum absolute atomic E-state index is 12.1. The summed E-state index contributed by atoms with van der Waals surface area (Å²) in [5.41, 5.74) is 0. The monoisotopic (exact) mass is 254 g/mol. The lowest BCUT2D eigenvalue weighted by atomic mass is 10.0. The van der Waals surface area contributed by atoms with Crippen LogP contribution in [0, 0.1) is 11.8 Å². The third-order valence-electron chi connectivity index (χ3n) is 3.54. The van der Waals surface area contributed by atoms with Gasteiger partial charge in [-0.3, -0.25) is 9.59 Å². The van der Waals surface area contributed by atoms with Gasteiger partial charge in [-0.15, -0.1) is 0 Å². The molecule has 4 nitrogen and oxygen atoms in total. The SMILES string of the molecule is CCC1CN(C(=O)C(C)C)CCN1C(=O)C(C)C. The van der Waals surface area contributed by atoms with Gasteiger partial charge in [0.1, 0.15) is 0 Å². The van der Waals surface area contributed by atoms with Crippen LogP contribution >= 0.6 is 0 Å². The molecule has 0 aromatic heterocycles. The molecule has 18 heavy (non-hydrogen) atoms. The molecule has 1 unspecified atom stereocenters. The van der Waals surface area contributed by atoms with Crippen molar-refractivity contribution in [1.29, 1.82) is 0 Å². The van der Waals surface area contributed by atoms with E-state index in [0.29, 0.717) is 19.6 Å². The first-order chi connectivity index (χ1) is 8.38. The number of piperazine rings is 1. The first-order valence-electron chi connectivity index (χ1n) is 6.97. The van der Waals surface area contributed by atoms with Crippen molar-refractivity contribution in [3.8, 4) is 0 Å². The van der Waals surface area contributed by atoms with Crippen LogP contribution in [0.3, 0.4) is 0 Å². The number of carbonyl (C=O) groups is 2. The summed E-state index contributed by atoms with van der Waals surface area (Å²) in [5.74, 6) is 0.477. The Kier molecular flexibility index (Phi) is 5.17. The second-order valence-corrected chi connectivity index (χ2v) is 5.69. The van der Waals surface area contributed by atoms with Crippen LogP contribution in [0.2, 0.25) is 0 Å². The molecule has 0 spiro atoms. The number of hydrogen-bond donors (Lipinski definition) is 0. The molecule has 1 aliphatic heterocycles. The van der Waals surface area contributed by atoms with Crippen molar-refractivity contribution in [2.75, 3.05) is 19.6 Å². The zero-order valence-corrected chi connectivity index (χ0v) is 12.3. The Morgan fingerprint density at radius 3 is 2.06 bits per heavy atom. The van der Waals surface area contributed by atoms with Crippen molar-refractivity contribution < 1.29 is 9.59 Å². The summed E-state index contributed by atoms with van der Waals surface area (Å²) in [7, 11) is 0. The Balaban J connectivity index is 2.71. The Labute approximate surface area is 110 Å². The summed E-state index contributed by atoms with van der Waals surface area (Å²) in [6, 6.07) is 0.177. The van der Waals surface area contributed by atoms with Crippen molar-refractivity contribution in [1.82, 2.24) is 9.80 Å². The van der Waals surface area contributed by atoms with Crippen molar-refractivity contribution in [2.45, 2.75) is 47.1 Å². The van der Waals surface area contributed by atoms with Crippen LogP contribution in [-0.4, -0.2) is 47.3 Å². The predicted molar refractivity (Wildman–Crippen MR) is 72.0 cm³/mol. The van der Waals surface area contributed by atoms with Crippen molar-refractivity contribution >= 4 is 11.8 Å². The summed E-state index contributed by atoms with van der Waals surface area (Å²) in [6.07, 6.45) is 0.903. The van der Waals surface area contributed by atoms with Gasteiger partial charge in [0.2, 0.25) is 11.8 Å². The molecule has 0 aliphatic carbocycles. The van der Waals surface area contributed by atoms with Crippen molar-refractivity contribution in [3.63, 3.8) is 0 Å². The Morgan fingerprint density at radius 1 is 1.06 bits per heavy atom. The molecule has 1 heterocycles. The first-order valence-corrected chi connectivity index (χ1v) is 6.97. The standard InChI is InChI=1S/C14H26N2O2/c1-6-12-9-15(13(17)10(2)3)7-8-16(12)14(18)11(4)5/h10-12H,6-9H2,1-5H3. The van der Waals surface area contributed by atoms with Crippen molar-refractivity contribution in [2.24, 2.45) is 11.8 Å². The molecule has 0 bridgehead atoms. The molecule has 0 saturated carbocycles. The zero-order valence-electron chi connectivity index (χ0n) is 12.3. The van der Waals surface area contributed by atoms with Crippen LogP contribution in [0.15, 0.2) is 0 Å². The van der Waals surface area contributed by atoms with E-state index in [1.165, 1.54) is 0 Å². The Morgan fingerprint density at radius 2 is 1.61 bits per heavy atom. The normalized spacial score (nSPS) is 20.7. The van der Waals surface area contributed by atoms with E-state index in [2.05, 4.69) is 6.92 Å². The van der Waals surface area contributed by atoms with Gasteiger partial charge in [-0.25, -0.2) is 0 Å². The second-order valence-electron chi connectivity index (χ2n) is 5.69. The highest BCUT2D eigenvalue weighted by Gasteiger charge is 2.32. The Bertz CT molecular complexity index is 313. The summed E-state index contributed by atoms with van der Waals surface area (Å²) in [6.45, 7) is 11.8. The van der Waals surface area contributed by atoms with E-state index in [-0.39, 0.29) is 29.7 Å². The third kappa shape index (κ3) is 3.24. The molecule has 0 aromatic carbocycles. The molecule has 0 N–H and O–H groups in total. The van der Waals surface area contributed by atoms with E-state index in [1.54, 1.807) is 0 Å². The average Bonchev–Trinajstić information content (AvgIpc) is 2.35. The van der Waals surface area contributed by atoms with Crippen LogP contribution in [0.1, 0.15) is 41.0 Å². The van der Waals surface area contributed by atoms with E-state index >= 15 is 0 Å². The largest absolute Gasteiger partial charge is 0.339 e. The van der Waals surface area contributed by atoms with Crippen LogP contribution in [0.25, 0.3) is 0 Å². The predicted octanol–water partition coefficient (Wildman–Crippen LogP) is 1.75. The quantitative estimate of drug-likeness (QED) is 0.770. The number of nitrogens with zero attached hydrogens (tertiary/aromatic N) is 2. The van der Waals surface area contributed by atoms with Gasteiger partial charge in [-0.05, 0) is 6.42 Å². The number of rotatable bonds is 3. The maximum Gasteiger partial charge on any atom is 0.225 e. The van der Waals surface area contributed by atoms with Gasteiger partial charge >= 0.3 is 0 Å². The molecule has 1 fully saturated rings. The van der Waals surface area contributed by atoms with E-state index in [1.807, 2.05) is 37.5 Å². The van der Waals surface area contributed by atoms with E-state index in [9.17, 15) is 9.59 Å². The lowest BCUT2D eigenvalue weighted by molar-refractivity contribution is -0.146. The number of hydrogen-bond acceptors (Lipinski definition) is 2.